The molecule has 1 amide bonds. The molecular formula is C14H14F3NO4. The number of carbonyl (C=O) groups is 2. The molecule has 8 heteroatoms. The van der Waals surface area contributed by atoms with E-state index in [-0.39, 0.29) is 25.0 Å². The fraction of sp³-hybridized carbons (Fsp3) is 0.429. The van der Waals surface area contributed by atoms with Crippen LogP contribution in [0.15, 0.2) is 24.3 Å². The van der Waals surface area contributed by atoms with Crippen molar-refractivity contribution in [3.05, 3.63) is 29.8 Å². The molecule has 1 aromatic carbocycles. The number of benzene rings is 1. The molecule has 2 N–H and O–H groups in total. The number of carbonyl (C=O) groups excluding carboxylic acids is 1. The molecule has 2 unspecified atom stereocenters. The lowest BCUT2D eigenvalue weighted by molar-refractivity contribution is -0.190. The predicted octanol–water partition coefficient (Wildman–Crippen LogP) is 1.94. The summed E-state index contributed by atoms with van der Waals surface area (Å²) in [5, 5.41) is 18.2. The summed E-state index contributed by atoms with van der Waals surface area (Å²) in [4.78, 5) is 23.1. The van der Waals surface area contributed by atoms with Gasteiger partial charge in [0.1, 0.15) is 11.8 Å². The molecule has 0 bridgehead atoms. The van der Waals surface area contributed by atoms with Gasteiger partial charge in [0.05, 0.1) is 0 Å². The maximum absolute atomic E-state index is 12.7. The van der Waals surface area contributed by atoms with Gasteiger partial charge in [0.2, 0.25) is 0 Å². The van der Waals surface area contributed by atoms with Crippen molar-refractivity contribution in [2.75, 3.05) is 0 Å². The average molecular weight is 317 g/mol. The summed E-state index contributed by atoms with van der Waals surface area (Å²) in [6.45, 7) is 0. The van der Waals surface area contributed by atoms with E-state index < -0.39 is 30.1 Å². The molecule has 22 heavy (non-hydrogen) atoms. The number of nitrogens with zero attached hydrogens (tertiary/aromatic N) is 1. The highest BCUT2D eigenvalue weighted by atomic mass is 19.4. The molecule has 0 aromatic heterocycles. The van der Waals surface area contributed by atoms with Gasteiger partial charge in [0.25, 0.3) is 0 Å². The van der Waals surface area contributed by atoms with E-state index in [1.54, 1.807) is 0 Å². The number of aromatic hydroxyl groups is 1. The highest BCUT2D eigenvalue weighted by Crippen LogP contribution is 2.32. The number of hydrogen-bond acceptors (Lipinski definition) is 3. The molecule has 0 saturated carbocycles. The zero-order chi connectivity index (χ0) is 16.5. The smallest absolute Gasteiger partial charge is 0.471 e. The third-order valence-electron chi connectivity index (χ3n) is 3.67. The minimum atomic E-state index is -5.11. The largest absolute Gasteiger partial charge is 0.508 e. The summed E-state index contributed by atoms with van der Waals surface area (Å²) < 4.78 is 38.1. The van der Waals surface area contributed by atoms with Gasteiger partial charge in [-0.1, -0.05) is 12.1 Å². The van der Waals surface area contributed by atoms with E-state index in [1.165, 1.54) is 24.3 Å². The lowest BCUT2D eigenvalue weighted by Gasteiger charge is -2.29. The molecule has 120 valence electrons. The van der Waals surface area contributed by atoms with Crippen LogP contribution in [0, 0.1) is 0 Å². The lowest BCUT2D eigenvalue weighted by atomic mass is 10.0. The number of halogens is 3. The quantitative estimate of drug-likeness (QED) is 0.893. The molecule has 0 radical (unpaired) electrons. The van der Waals surface area contributed by atoms with Gasteiger partial charge in [0, 0.05) is 6.04 Å². The fourth-order valence-electron chi connectivity index (χ4n) is 2.68. The van der Waals surface area contributed by atoms with Crippen molar-refractivity contribution in [3.63, 3.8) is 0 Å². The Morgan fingerprint density at radius 3 is 2.27 bits per heavy atom. The van der Waals surface area contributed by atoms with E-state index in [4.69, 9.17) is 5.11 Å². The number of carboxylic acids is 1. The normalized spacial score (nSPS) is 21.9. The van der Waals surface area contributed by atoms with Crippen LogP contribution < -0.4 is 0 Å². The van der Waals surface area contributed by atoms with Crippen LogP contribution in [0.25, 0.3) is 0 Å². The number of rotatable bonds is 3. The van der Waals surface area contributed by atoms with Crippen LogP contribution in [0.5, 0.6) is 5.75 Å². The summed E-state index contributed by atoms with van der Waals surface area (Å²) in [6, 6.07) is 3.53. The Kier molecular flexibility index (Phi) is 4.30. The van der Waals surface area contributed by atoms with Crippen LogP contribution in [0.2, 0.25) is 0 Å². The molecule has 1 fully saturated rings. The summed E-state index contributed by atoms with van der Waals surface area (Å²) in [5.74, 6) is -3.55. The second-order valence-corrected chi connectivity index (χ2v) is 5.17. The van der Waals surface area contributed by atoms with Gasteiger partial charge in [-0.3, -0.25) is 4.79 Å². The topological polar surface area (TPSA) is 77.8 Å². The van der Waals surface area contributed by atoms with Gasteiger partial charge in [-0.2, -0.15) is 13.2 Å². The third-order valence-corrected chi connectivity index (χ3v) is 3.67. The van der Waals surface area contributed by atoms with Gasteiger partial charge in [-0.15, -0.1) is 0 Å². The molecule has 2 atom stereocenters. The summed E-state index contributed by atoms with van der Waals surface area (Å²) in [6.07, 6.45) is -4.84. The standard InChI is InChI=1S/C14H14F3NO4/c15-14(16,17)13(22)18-9(3-6-11(18)12(20)21)7-8-1-4-10(19)5-2-8/h1-2,4-5,9,11,19H,3,6-7H2,(H,20,21). The minimum Gasteiger partial charge on any atom is -0.508 e. The number of carboxylic acid groups (broad SMARTS) is 1. The molecular weight excluding hydrogens is 303 g/mol. The molecule has 0 spiro atoms. The van der Waals surface area contributed by atoms with Gasteiger partial charge in [-0.05, 0) is 37.0 Å². The van der Waals surface area contributed by atoms with Gasteiger partial charge in [-0.25, -0.2) is 4.79 Å². The number of phenolic OH excluding ortho intramolecular Hbond substituents is 1. The number of aliphatic carboxylic acids is 1. The zero-order valence-electron chi connectivity index (χ0n) is 11.4. The lowest BCUT2D eigenvalue weighted by Crippen LogP contribution is -2.51. The Morgan fingerprint density at radius 1 is 1.18 bits per heavy atom. The van der Waals surface area contributed by atoms with Crippen LogP contribution in [0.3, 0.4) is 0 Å². The minimum absolute atomic E-state index is 0.0140. The van der Waals surface area contributed by atoms with Crippen molar-refractivity contribution in [2.24, 2.45) is 0 Å². The Labute approximate surface area is 124 Å². The SMILES string of the molecule is O=C(O)C1CCC(Cc2ccc(O)cc2)N1C(=O)C(F)(F)F. The van der Waals surface area contributed by atoms with E-state index in [1.807, 2.05) is 0 Å². The second kappa shape index (κ2) is 5.86. The molecule has 1 aliphatic heterocycles. The van der Waals surface area contributed by atoms with Crippen LogP contribution in [-0.4, -0.2) is 45.2 Å². The Hall–Kier alpha value is -2.25. The van der Waals surface area contributed by atoms with Gasteiger partial charge in [0.15, 0.2) is 0 Å². The zero-order valence-corrected chi connectivity index (χ0v) is 11.4. The Bertz CT molecular complexity index is 570. The molecule has 1 saturated heterocycles. The first-order chi connectivity index (χ1) is 10.2. The second-order valence-electron chi connectivity index (χ2n) is 5.17. The van der Waals surface area contributed by atoms with Gasteiger partial charge < -0.3 is 15.1 Å². The maximum Gasteiger partial charge on any atom is 0.471 e. The number of hydrogen-bond donors (Lipinski definition) is 2. The van der Waals surface area contributed by atoms with E-state index in [0.29, 0.717) is 10.5 Å². The highest BCUT2D eigenvalue weighted by molar-refractivity contribution is 5.88. The van der Waals surface area contributed by atoms with E-state index in [9.17, 15) is 27.9 Å². The van der Waals surface area contributed by atoms with Crippen molar-refractivity contribution >= 4 is 11.9 Å². The van der Waals surface area contributed by atoms with E-state index in [0.717, 1.165) is 0 Å². The highest BCUT2D eigenvalue weighted by Gasteiger charge is 2.51. The van der Waals surface area contributed by atoms with Crippen molar-refractivity contribution < 1.29 is 33.0 Å². The summed E-state index contributed by atoms with van der Waals surface area (Å²) >= 11 is 0. The van der Waals surface area contributed by atoms with Crippen molar-refractivity contribution in [3.8, 4) is 5.75 Å². The average Bonchev–Trinajstić information content (AvgIpc) is 2.83. The van der Waals surface area contributed by atoms with Crippen molar-refractivity contribution in [1.29, 1.82) is 0 Å². The summed E-state index contributed by atoms with van der Waals surface area (Å²) in [5.41, 5.74) is 0.619. The molecule has 0 aliphatic carbocycles. The first kappa shape index (κ1) is 16.1. The maximum atomic E-state index is 12.7. The number of amides is 1. The van der Waals surface area contributed by atoms with Crippen molar-refractivity contribution in [1.82, 2.24) is 4.90 Å². The van der Waals surface area contributed by atoms with Crippen LogP contribution >= 0.6 is 0 Å². The predicted molar refractivity (Wildman–Crippen MR) is 69.2 cm³/mol. The van der Waals surface area contributed by atoms with Crippen molar-refractivity contribution in [2.45, 2.75) is 37.5 Å². The van der Waals surface area contributed by atoms with E-state index >= 15 is 0 Å². The molecule has 1 heterocycles. The number of phenols is 1. The first-order valence-corrected chi connectivity index (χ1v) is 6.60. The van der Waals surface area contributed by atoms with Gasteiger partial charge >= 0.3 is 18.1 Å². The van der Waals surface area contributed by atoms with E-state index in [2.05, 4.69) is 0 Å². The number of likely N-dealkylation sites (tertiary alicyclic amines) is 1. The van der Waals surface area contributed by atoms with Crippen LogP contribution in [0.4, 0.5) is 13.2 Å². The first-order valence-electron chi connectivity index (χ1n) is 6.60. The van der Waals surface area contributed by atoms with Crippen LogP contribution in [0.1, 0.15) is 18.4 Å². The Balaban J connectivity index is 2.23. The number of alkyl halides is 3. The summed E-state index contributed by atoms with van der Waals surface area (Å²) in [7, 11) is 0. The Morgan fingerprint density at radius 2 is 1.77 bits per heavy atom. The third kappa shape index (κ3) is 3.32. The van der Waals surface area contributed by atoms with Crippen LogP contribution in [-0.2, 0) is 16.0 Å². The molecule has 5 nitrogen and oxygen atoms in total. The molecule has 1 aromatic rings. The molecule has 2 rings (SSSR count). The monoisotopic (exact) mass is 317 g/mol. The fourth-order valence-corrected chi connectivity index (χ4v) is 2.68. The molecule has 1 aliphatic rings.